The summed E-state index contributed by atoms with van der Waals surface area (Å²) in [5, 5.41) is 7.48. The maximum atomic E-state index is 6.62. The van der Waals surface area contributed by atoms with Gasteiger partial charge in [-0.2, -0.15) is 0 Å². The van der Waals surface area contributed by atoms with Crippen molar-refractivity contribution in [3.8, 4) is 22.3 Å². The maximum absolute atomic E-state index is 6.62. The van der Waals surface area contributed by atoms with Gasteiger partial charge in [0.15, 0.2) is 0 Å². The quantitative estimate of drug-likeness (QED) is 0.178. The first-order chi connectivity index (χ1) is 25.8. The van der Waals surface area contributed by atoms with Crippen LogP contribution >= 0.6 is 22.7 Å². The number of nitrogens with zero attached hydrogens (tertiary/aromatic N) is 1. The van der Waals surface area contributed by atoms with Crippen molar-refractivity contribution in [2.45, 2.75) is 0 Å². The molecule has 0 radical (unpaired) electrons. The van der Waals surface area contributed by atoms with E-state index in [1.807, 2.05) is 22.7 Å². The van der Waals surface area contributed by atoms with Crippen LogP contribution in [0.15, 0.2) is 180 Å². The average molecular weight is 700 g/mol. The summed E-state index contributed by atoms with van der Waals surface area (Å²) in [5.41, 5.74) is 9.93. The summed E-state index contributed by atoms with van der Waals surface area (Å²) in [5.74, 6) is 0. The molecule has 0 aliphatic heterocycles. The summed E-state index contributed by atoms with van der Waals surface area (Å²) in [6, 6.07) is 63.5. The van der Waals surface area contributed by atoms with Gasteiger partial charge >= 0.3 is 0 Å². The third-order valence-corrected chi connectivity index (χ3v) is 12.7. The second-order valence-electron chi connectivity index (χ2n) is 13.2. The topological polar surface area (TPSA) is 16.4 Å². The highest BCUT2D eigenvalue weighted by Crippen LogP contribution is 2.48. The Labute approximate surface area is 308 Å². The molecule has 0 fully saturated rings. The van der Waals surface area contributed by atoms with Crippen LogP contribution in [-0.2, 0) is 0 Å². The molecule has 0 unspecified atom stereocenters. The zero-order valence-corrected chi connectivity index (χ0v) is 29.5. The lowest BCUT2D eigenvalue weighted by atomic mass is 10.0. The average Bonchev–Trinajstić information content (AvgIpc) is 3.90. The lowest BCUT2D eigenvalue weighted by Crippen LogP contribution is -2.10. The minimum Gasteiger partial charge on any atom is -0.456 e. The summed E-state index contributed by atoms with van der Waals surface area (Å²) in [6.45, 7) is 0. The summed E-state index contributed by atoms with van der Waals surface area (Å²) < 4.78 is 11.8. The van der Waals surface area contributed by atoms with E-state index in [1.165, 1.54) is 68.0 Å². The Morgan fingerprint density at radius 3 is 1.65 bits per heavy atom. The van der Waals surface area contributed by atoms with Crippen molar-refractivity contribution >= 4 is 102 Å². The smallest absolute Gasteiger partial charge is 0.137 e. The zero-order valence-electron chi connectivity index (χ0n) is 27.9. The van der Waals surface area contributed by atoms with E-state index in [-0.39, 0.29) is 0 Å². The van der Waals surface area contributed by atoms with Gasteiger partial charge in [0, 0.05) is 57.1 Å². The van der Waals surface area contributed by atoms with E-state index >= 15 is 0 Å². The van der Waals surface area contributed by atoms with E-state index in [4.69, 9.17) is 4.42 Å². The Kier molecular flexibility index (Phi) is 6.63. The molecule has 0 aliphatic rings. The first kappa shape index (κ1) is 29.5. The molecule has 0 saturated heterocycles. The van der Waals surface area contributed by atoms with Crippen LogP contribution in [0.25, 0.3) is 84.5 Å². The number of benzene rings is 8. The van der Waals surface area contributed by atoms with Gasteiger partial charge in [0.25, 0.3) is 0 Å². The second kappa shape index (κ2) is 11.7. The Bertz CT molecular complexity index is 3110. The first-order valence-corrected chi connectivity index (χ1v) is 19.1. The fourth-order valence-corrected chi connectivity index (χ4v) is 10.4. The highest BCUT2D eigenvalue weighted by atomic mass is 32.1. The largest absolute Gasteiger partial charge is 0.456 e. The van der Waals surface area contributed by atoms with Gasteiger partial charge in [-0.25, -0.2) is 0 Å². The number of hydrogen-bond acceptors (Lipinski definition) is 4. The molecule has 244 valence electrons. The summed E-state index contributed by atoms with van der Waals surface area (Å²) in [6.07, 6.45) is 0. The third kappa shape index (κ3) is 4.55. The van der Waals surface area contributed by atoms with Gasteiger partial charge in [0.1, 0.15) is 11.2 Å². The number of rotatable bonds is 5. The lowest BCUT2D eigenvalue weighted by Gasteiger charge is -2.26. The third-order valence-electron chi connectivity index (χ3n) is 10.3. The van der Waals surface area contributed by atoms with E-state index in [0.717, 1.165) is 33.6 Å². The van der Waals surface area contributed by atoms with Crippen LogP contribution in [0.1, 0.15) is 0 Å². The molecule has 52 heavy (non-hydrogen) atoms. The highest BCUT2D eigenvalue weighted by Gasteiger charge is 2.22. The SMILES string of the molecule is c1ccc(-c2ccc(N(c3ccc(-c4cccc5c4sc4ccccc45)cc3)c3cccc4oc5ccc6c7ccccc7sc6c5c34)cc2)cc1. The Morgan fingerprint density at radius 2 is 0.923 bits per heavy atom. The van der Waals surface area contributed by atoms with Gasteiger partial charge in [0.05, 0.1) is 11.1 Å². The molecular weight excluding hydrogens is 671 g/mol. The zero-order chi connectivity index (χ0) is 34.2. The molecule has 4 heteroatoms. The Hall–Kier alpha value is -6.20. The number of fused-ring (bicyclic) bond motifs is 10. The molecule has 0 amide bonds. The van der Waals surface area contributed by atoms with Crippen LogP contribution < -0.4 is 4.90 Å². The summed E-state index contributed by atoms with van der Waals surface area (Å²) in [4.78, 5) is 2.39. The Morgan fingerprint density at radius 1 is 0.365 bits per heavy atom. The molecule has 8 aromatic carbocycles. The molecule has 11 rings (SSSR count). The lowest BCUT2D eigenvalue weighted by molar-refractivity contribution is 0.669. The van der Waals surface area contributed by atoms with Crippen molar-refractivity contribution in [3.63, 3.8) is 0 Å². The molecule has 0 aliphatic carbocycles. The van der Waals surface area contributed by atoms with E-state index in [1.54, 1.807) is 0 Å². The highest BCUT2D eigenvalue weighted by molar-refractivity contribution is 7.27. The molecule has 0 N–H and O–H groups in total. The second-order valence-corrected chi connectivity index (χ2v) is 15.3. The van der Waals surface area contributed by atoms with Crippen LogP contribution in [0.2, 0.25) is 0 Å². The fourth-order valence-electron chi connectivity index (χ4n) is 7.88. The van der Waals surface area contributed by atoms with Gasteiger partial charge in [-0.3, -0.25) is 0 Å². The molecule has 0 saturated carbocycles. The van der Waals surface area contributed by atoms with Crippen molar-refractivity contribution in [1.82, 2.24) is 0 Å². The van der Waals surface area contributed by atoms with Gasteiger partial charge in [-0.1, -0.05) is 115 Å². The van der Waals surface area contributed by atoms with Crippen molar-refractivity contribution in [2.75, 3.05) is 4.90 Å². The minimum absolute atomic E-state index is 0.886. The van der Waals surface area contributed by atoms with Crippen LogP contribution in [0, 0.1) is 0 Å². The maximum Gasteiger partial charge on any atom is 0.137 e. The molecule has 2 nitrogen and oxygen atoms in total. The molecule has 0 spiro atoms. The predicted molar refractivity (Wildman–Crippen MR) is 225 cm³/mol. The molecule has 0 atom stereocenters. The van der Waals surface area contributed by atoms with E-state index < -0.39 is 0 Å². The van der Waals surface area contributed by atoms with E-state index in [9.17, 15) is 0 Å². The monoisotopic (exact) mass is 699 g/mol. The van der Waals surface area contributed by atoms with Crippen LogP contribution in [0.3, 0.4) is 0 Å². The fraction of sp³-hybridized carbons (Fsp3) is 0. The van der Waals surface area contributed by atoms with Crippen molar-refractivity contribution in [3.05, 3.63) is 176 Å². The normalized spacial score (nSPS) is 11.8. The summed E-state index contributed by atoms with van der Waals surface area (Å²) in [7, 11) is 0. The van der Waals surface area contributed by atoms with Crippen LogP contribution in [-0.4, -0.2) is 0 Å². The van der Waals surface area contributed by atoms with Gasteiger partial charge in [-0.15, -0.1) is 22.7 Å². The minimum atomic E-state index is 0.886. The summed E-state index contributed by atoms with van der Waals surface area (Å²) >= 11 is 3.72. The number of anilines is 3. The molecule has 11 aromatic rings. The van der Waals surface area contributed by atoms with Gasteiger partial charge in [0.2, 0.25) is 0 Å². The Balaban J connectivity index is 1.12. The van der Waals surface area contributed by atoms with Crippen molar-refractivity contribution in [1.29, 1.82) is 0 Å². The molecule has 3 heterocycles. The molecular formula is C48H29NOS2. The number of furan rings is 1. The van der Waals surface area contributed by atoms with Crippen LogP contribution in [0.5, 0.6) is 0 Å². The first-order valence-electron chi connectivity index (χ1n) is 17.5. The number of hydrogen-bond donors (Lipinski definition) is 0. The molecule has 3 aromatic heterocycles. The van der Waals surface area contributed by atoms with E-state index in [2.05, 4.69) is 181 Å². The van der Waals surface area contributed by atoms with Crippen LogP contribution in [0.4, 0.5) is 17.1 Å². The van der Waals surface area contributed by atoms with Gasteiger partial charge < -0.3 is 9.32 Å². The number of thiophene rings is 2. The van der Waals surface area contributed by atoms with Crippen molar-refractivity contribution < 1.29 is 4.42 Å². The predicted octanol–water partition coefficient (Wildman–Crippen LogP) is 15.1. The molecule has 0 bridgehead atoms. The van der Waals surface area contributed by atoms with Gasteiger partial charge in [-0.05, 0) is 82.9 Å². The van der Waals surface area contributed by atoms with Crippen molar-refractivity contribution in [2.24, 2.45) is 0 Å². The standard InChI is InChI=1S/C48H29NOS2/c1-2-10-30(11-3-1)31-20-24-33(25-21-31)49(34-26-22-32(23-27-34)35-14-8-15-38-36-12-4-6-18-43(36)51-47(35)38)40-16-9-17-41-45(40)46-42(50-41)29-28-39-37-13-5-7-19-44(37)52-48(39)46/h1-29H. The van der Waals surface area contributed by atoms with E-state index in [0.29, 0.717) is 0 Å².